The average molecular weight is 404 g/mol. The van der Waals surface area contributed by atoms with E-state index in [2.05, 4.69) is 0 Å². The third-order valence-corrected chi connectivity index (χ3v) is 7.89. The van der Waals surface area contributed by atoms with E-state index in [1.54, 1.807) is 19.9 Å². The Hall–Kier alpha value is -1.83. The lowest BCUT2D eigenvalue weighted by Gasteiger charge is -2.36. The minimum absolute atomic E-state index is 0.0592. The van der Waals surface area contributed by atoms with Crippen molar-refractivity contribution in [3.63, 3.8) is 0 Å². The zero-order chi connectivity index (χ0) is 20.3. The van der Waals surface area contributed by atoms with E-state index in [0.717, 1.165) is 18.4 Å². The largest absolute Gasteiger partial charge is 0.343 e. The van der Waals surface area contributed by atoms with E-state index < -0.39 is 15.6 Å². The van der Waals surface area contributed by atoms with Crippen LogP contribution in [0.15, 0.2) is 22.1 Å². The van der Waals surface area contributed by atoms with Crippen LogP contribution in [0.1, 0.15) is 59.7 Å². The Morgan fingerprint density at radius 2 is 1.79 bits per heavy atom. The molecular weight excluding hydrogens is 380 g/mol. The Kier molecular flexibility index (Phi) is 4.60. The molecule has 0 aromatic heterocycles. The third kappa shape index (κ3) is 2.79. The number of hydrogen-bond donors (Lipinski definition) is 0. The predicted molar refractivity (Wildman–Crippen MR) is 102 cm³/mol. The number of carbonyl (C=O) groups is 2. The van der Waals surface area contributed by atoms with Crippen molar-refractivity contribution in [3.05, 3.63) is 39.5 Å². The molecule has 2 aliphatic heterocycles. The highest BCUT2D eigenvalue weighted by atomic mass is 32.2. The zero-order valence-electron chi connectivity index (χ0n) is 16.4. The molecule has 1 spiro atoms. The highest BCUT2D eigenvalue weighted by Crippen LogP contribution is 2.47. The van der Waals surface area contributed by atoms with Crippen LogP contribution >= 0.6 is 0 Å². The van der Waals surface area contributed by atoms with Crippen LogP contribution in [0.4, 0.5) is 0 Å². The predicted octanol–water partition coefficient (Wildman–Crippen LogP) is 2.93. The zero-order valence-corrected chi connectivity index (χ0v) is 17.2. The lowest BCUT2D eigenvalue weighted by Crippen LogP contribution is -2.38. The topological polar surface area (TPSA) is 86.7 Å². The lowest BCUT2D eigenvalue weighted by molar-refractivity contribution is -0.170. The normalized spacial score (nSPS) is 23.2. The van der Waals surface area contributed by atoms with Crippen molar-refractivity contribution in [1.82, 2.24) is 0 Å². The molecule has 0 atom stereocenters. The van der Waals surface area contributed by atoms with E-state index in [4.69, 9.17) is 9.47 Å². The van der Waals surface area contributed by atoms with Gasteiger partial charge in [-0.1, -0.05) is 5.57 Å². The lowest BCUT2D eigenvalue weighted by atomic mass is 9.83. The van der Waals surface area contributed by atoms with Crippen LogP contribution in [0.2, 0.25) is 0 Å². The summed E-state index contributed by atoms with van der Waals surface area (Å²) in [6.45, 7) is 5.98. The van der Waals surface area contributed by atoms with Gasteiger partial charge in [-0.05, 0) is 50.8 Å². The minimum atomic E-state index is -3.50. The molecule has 0 radical (unpaired) electrons. The van der Waals surface area contributed by atoms with Crippen molar-refractivity contribution in [1.29, 1.82) is 0 Å². The van der Waals surface area contributed by atoms with Gasteiger partial charge in [0.05, 0.1) is 29.4 Å². The van der Waals surface area contributed by atoms with Gasteiger partial charge in [0.2, 0.25) is 0 Å². The summed E-state index contributed by atoms with van der Waals surface area (Å²) in [5.41, 5.74) is 2.84. The van der Waals surface area contributed by atoms with Gasteiger partial charge in [-0.2, -0.15) is 0 Å². The van der Waals surface area contributed by atoms with Gasteiger partial charge in [0.25, 0.3) is 0 Å². The van der Waals surface area contributed by atoms with Crippen molar-refractivity contribution >= 4 is 21.4 Å². The Labute approximate surface area is 164 Å². The van der Waals surface area contributed by atoms with Gasteiger partial charge >= 0.3 is 0 Å². The van der Waals surface area contributed by atoms with E-state index in [1.165, 1.54) is 0 Å². The fourth-order valence-electron chi connectivity index (χ4n) is 4.68. The van der Waals surface area contributed by atoms with Crippen LogP contribution in [0.3, 0.4) is 0 Å². The Balaban J connectivity index is 1.97. The number of rotatable bonds is 2. The van der Waals surface area contributed by atoms with Crippen molar-refractivity contribution in [2.24, 2.45) is 0 Å². The van der Waals surface area contributed by atoms with Crippen molar-refractivity contribution in [2.45, 2.75) is 57.1 Å². The van der Waals surface area contributed by atoms with Gasteiger partial charge in [-0.25, -0.2) is 8.42 Å². The first-order chi connectivity index (χ1) is 13.2. The number of ether oxygens (including phenoxy) is 2. The van der Waals surface area contributed by atoms with Gasteiger partial charge in [-0.15, -0.1) is 0 Å². The van der Waals surface area contributed by atoms with E-state index in [-0.39, 0.29) is 34.2 Å². The van der Waals surface area contributed by atoms with Crippen molar-refractivity contribution in [2.75, 3.05) is 19.0 Å². The molecule has 1 fully saturated rings. The molecule has 0 saturated carbocycles. The summed E-state index contributed by atoms with van der Waals surface area (Å²) in [4.78, 5) is 26.0. The molecule has 2 heterocycles. The first-order valence-corrected chi connectivity index (χ1v) is 11.3. The van der Waals surface area contributed by atoms with E-state index in [0.29, 0.717) is 41.9 Å². The molecule has 4 rings (SSSR count). The molecule has 0 amide bonds. The molecule has 3 aliphatic rings. The van der Waals surface area contributed by atoms with Crippen LogP contribution in [0.25, 0.3) is 0 Å². The number of allylic oxidation sites excluding steroid dienone is 2. The van der Waals surface area contributed by atoms with Crippen LogP contribution in [0, 0.1) is 13.8 Å². The molecular formula is C21H24O6S. The van der Waals surface area contributed by atoms with Crippen molar-refractivity contribution in [3.8, 4) is 0 Å². The first-order valence-electron chi connectivity index (χ1n) is 9.61. The van der Waals surface area contributed by atoms with E-state index in [9.17, 15) is 18.0 Å². The maximum absolute atomic E-state index is 13.3. The van der Waals surface area contributed by atoms with Crippen LogP contribution < -0.4 is 0 Å². The molecule has 1 aromatic rings. The minimum Gasteiger partial charge on any atom is -0.343 e. The van der Waals surface area contributed by atoms with Crippen LogP contribution in [-0.4, -0.2) is 39.0 Å². The second-order valence-electron chi connectivity index (χ2n) is 7.85. The van der Waals surface area contributed by atoms with E-state index >= 15 is 0 Å². The molecule has 0 N–H and O–H groups in total. The maximum atomic E-state index is 13.3. The van der Waals surface area contributed by atoms with E-state index in [1.807, 2.05) is 6.92 Å². The number of sulfone groups is 1. The standard InChI is InChI=1S/C21H24O6S/c1-12-5-4-6-16(22)17(12)19(23)15-11-13(2)20-18(14(15)3)21(26-8-9-27-21)7-10-28(20,24)25/h11H,4-10H2,1-3H3. The molecule has 0 bridgehead atoms. The molecule has 28 heavy (non-hydrogen) atoms. The molecule has 1 aliphatic carbocycles. The van der Waals surface area contributed by atoms with Gasteiger partial charge < -0.3 is 9.47 Å². The Morgan fingerprint density at radius 1 is 1.11 bits per heavy atom. The summed E-state index contributed by atoms with van der Waals surface area (Å²) in [6.07, 6.45) is 2.04. The van der Waals surface area contributed by atoms with Crippen LogP contribution in [-0.2, 0) is 29.9 Å². The summed E-state index contributed by atoms with van der Waals surface area (Å²) < 4.78 is 37.4. The highest BCUT2D eigenvalue weighted by molar-refractivity contribution is 7.91. The van der Waals surface area contributed by atoms with Gasteiger partial charge in [0.15, 0.2) is 27.2 Å². The first kappa shape index (κ1) is 19.5. The third-order valence-electron chi connectivity index (χ3n) is 6.00. The number of aryl methyl sites for hydroxylation is 1. The second-order valence-corrected chi connectivity index (χ2v) is 9.90. The number of Topliss-reactive ketones (excluding diaryl/α,β-unsaturated/α-hetero) is 2. The summed E-state index contributed by atoms with van der Waals surface area (Å²) >= 11 is 0. The number of carbonyl (C=O) groups excluding carboxylic acids is 2. The highest BCUT2D eigenvalue weighted by Gasteiger charge is 2.49. The quantitative estimate of drug-likeness (QED) is 0.556. The molecule has 1 saturated heterocycles. The van der Waals surface area contributed by atoms with Gasteiger partial charge in [0, 0.05) is 24.0 Å². The van der Waals surface area contributed by atoms with Gasteiger partial charge in [-0.3, -0.25) is 9.59 Å². The molecule has 7 heteroatoms. The van der Waals surface area contributed by atoms with Crippen LogP contribution in [0.5, 0.6) is 0 Å². The molecule has 150 valence electrons. The monoisotopic (exact) mass is 404 g/mol. The number of benzene rings is 1. The van der Waals surface area contributed by atoms with Crippen molar-refractivity contribution < 1.29 is 27.5 Å². The van der Waals surface area contributed by atoms with Gasteiger partial charge in [0.1, 0.15) is 0 Å². The fraction of sp³-hybridized carbons (Fsp3) is 0.524. The SMILES string of the molecule is CC1=C(C(=O)c2cc(C)c3c(c2C)C2(CCS3(=O)=O)OCCO2)C(=O)CCC1. The molecule has 1 aromatic carbocycles. The average Bonchev–Trinajstić information content (AvgIpc) is 3.09. The number of ketones is 2. The Bertz CT molecular complexity index is 1030. The number of fused-ring (bicyclic) bond motifs is 2. The second kappa shape index (κ2) is 6.61. The summed E-state index contributed by atoms with van der Waals surface area (Å²) in [5, 5.41) is 0. The summed E-state index contributed by atoms with van der Waals surface area (Å²) in [5.74, 6) is -1.66. The maximum Gasteiger partial charge on any atom is 0.197 e. The molecule has 0 unspecified atom stereocenters. The smallest absolute Gasteiger partial charge is 0.197 e. The Morgan fingerprint density at radius 3 is 2.43 bits per heavy atom. The molecule has 6 nitrogen and oxygen atoms in total. The summed E-state index contributed by atoms with van der Waals surface area (Å²) in [7, 11) is -3.50. The number of hydrogen-bond acceptors (Lipinski definition) is 6. The summed E-state index contributed by atoms with van der Waals surface area (Å²) in [6, 6.07) is 1.60. The fourth-order valence-corrected chi connectivity index (χ4v) is 6.59.